The number of pyridine rings is 1. The number of nitrogens with zero attached hydrogens (tertiary/aromatic N) is 2. The van der Waals surface area contributed by atoms with Gasteiger partial charge in [0.25, 0.3) is 0 Å². The number of thiazole rings is 1. The zero-order valence-corrected chi connectivity index (χ0v) is 11.4. The molecule has 0 saturated carbocycles. The van der Waals surface area contributed by atoms with E-state index < -0.39 is 0 Å². The van der Waals surface area contributed by atoms with Crippen molar-refractivity contribution in [1.82, 2.24) is 4.98 Å². The Labute approximate surface area is 111 Å². The van der Waals surface area contributed by atoms with E-state index in [1.807, 2.05) is 0 Å². The minimum absolute atomic E-state index is 0.984. The molecule has 0 aliphatic heterocycles. The number of hydrogen-bond acceptors (Lipinski definition) is 2. The van der Waals surface area contributed by atoms with Crippen molar-refractivity contribution in [2.75, 3.05) is 0 Å². The van der Waals surface area contributed by atoms with Crippen LogP contribution in [-0.4, -0.2) is 4.98 Å². The van der Waals surface area contributed by atoms with Crippen molar-refractivity contribution in [2.24, 2.45) is 0 Å². The molecule has 3 heteroatoms. The molecule has 0 unspecified atom stereocenters. The zero-order chi connectivity index (χ0) is 12.5. The van der Waals surface area contributed by atoms with E-state index >= 15 is 0 Å². The minimum atomic E-state index is 0.984. The molecule has 2 aromatic heterocycles. The molecule has 0 spiro atoms. The predicted molar refractivity (Wildman–Crippen MR) is 75.7 cm³/mol. The summed E-state index contributed by atoms with van der Waals surface area (Å²) in [5.41, 5.74) is 3.57. The lowest BCUT2D eigenvalue weighted by Crippen LogP contribution is -2.30. The van der Waals surface area contributed by atoms with Crippen molar-refractivity contribution >= 4 is 21.6 Å². The van der Waals surface area contributed by atoms with Gasteiger partial charge in [0, 0.05) is 6.07 Å². The van der Waals surface area contributed by atoms with Crippen LogP contribution in [0.15, 0.2) is 42.7 Å². The van der Waals surface area contributed by atoms with Crippen molar-refractivity contribution in [2.45, 2.75) is 20.4 Å². The molecule has 0 saturated heterocycles. The van der Waals surface area contributed by atoms with E-state index in [9.17, 15) is 0 Å². The van der Waals surface area contributed by atoms with Crippen LogP contribution in [0.1, 0.15) is 12.5 Å². The first-order valence-electron chi connectivity index (χ1n) is 6.13. The molecule has 0 fully saturated rings. The van der Waals surface area contributed by atoms with Crippen molar-refractivity contribution in [3.63, 3.8) is 0 Å². The van der Waals surface area contributed by atoms with Gasteiger partial charge in [0.1, 0.15) is 11.6 Å². The molecule has 0 radical (unpaired) electrons. The Balaban J connectivity index is 2.13. The molecule has 1 aromatic carbocycles. The van der Waals surface area contributed by atoms with Crippen molar-refractivity contribution in [1.29, 1.82) is 0 Å². The van der Waals surface area contributed by atoms with Crippen LogP contribution >= 0.6 is 11.3 Å². The monoisotopic (exact) mass is 255 g/mol. The van der Waals surface area contributed by atoms with Crippen LogP contribution in [-0.2, 0) is 6.54 Å². The summed E-state index contributed by atoms with van der Waals surface area (Å²) in [4.78, 5) is 4.70. The number of fused-ring (bicyclic) bond motifs is 1. The van der Waals surface area contributed by atoms with E-state index in [1.165, 1.54) is 15.8 Å². The van der Waals surface area contributed by atoms with Crippen molar-refractivity contribution in [3.8, 4) is 10.6 Å². The normalized spacial score (nSPS) is 11.0. The number of benzene rings is 1. The molecule has 90 valence electrons. The lowest BCUT2D eigenvalue weighted by molar-refractivity contribution is -0.693. The largest absolute Gasteiger partial charge is 0.236 e. The van der Waals surface area contributed by atoms with E-state index in [0.29, 0.717) is 0 Å². The summed E-state index contributed by atoms with van der Waals surface area (Å²) in [7, 11) is 0. The fourth-order valence-corrected chi connectivity index (χ4v) is 3.05. The maximum atomic E-state index is 4.70. The van der Waals surface area contributed by atoms with Gasteiger partial charge in [-0.25, -0.2) is 9.55 Å². The smallest absolute Gasteiger partial charge is 0.179 e. The lowest BCUT2D eigenvalue weighted by atomic mass is 10.2. The Morgan fingerprint density at radius 1 is 1.28 bits per heavy atom. The Kier molecular flexibility index (Phi) is 2.84. The first kappa shape index (κ1) is 11.4. The van der Waals surface area contributed by atoms with Gasteiger partial charge in [-0.3, -0.25) is 0 Å². The molecular formula is C15H15N2S+. The first-order chi connectivity index (χ1) is 8.76. The van der Waals surface area contributed by atoms with Crippen LogP contribution in [0.2, 0.25) is 0 Å². The highest BCUT2D eigenvalue weighted by atomic mass is 32.1. The molecule has 3 aromatic rings. The van der Waals surface area contributed by atoms with Crippen molar-refractivity contribution < 1.29 is 4.57 Å². The molecule has 18 heavy (non-hydrogen) atoms. The van der Waals surface area contributed by atoms with Crippen LogP contribution in [0, 0.1) is 6.92 Å². The minimum Gasteiger partial charge on any atom is -0.236 e. The third kappa shape index (κ3) is 2.02. The molecule has 2 nitrogen and oxygen atoms in total. The van der Waals surface area contributed by atoms with Gasteiger partial charge in [0.05, 0.1) is 15.8 Å². The Bertz CT molecular complexity index is 701. The van der Waals surface area contributed by atoms with Crippen LogP contribution in [0.25, 0.3) is 20.8 Å². The van der Waals surface area contributed by atoms with Gasteiger partial charge in [-0.1, -0.05) is 6.07 Å². The summed E-state index contributed by atoms with van der Waals surface area (Å²) < 4.78 is 3.43. The van der Waals surface area contributed by atoms with Crippen LogP contribution in [0.3, 0.4) is 0 Å². The summed E-state index contributed by atoms with van der Waals surface area (Å²) in [6.07, 6.45) is 4.24. The van der Waals surface area contributed by atoms with E-state index in [-0.39, 0.29) is 0 Å². The maximum Gasteiger partial charge on any atom is 0.179 e. The molecule has 2 heterocycles. The van der Waals surface area contributed by atoms with Gasteiger partial charge in [-0.15, -0.1) is 11.3 Å². The molecule has 0 aliphatic carbocycles. The highest BCUT2D eigenvalue weighted by molar-refractivity contribution is 7.21. The lowest BCUT2D eigenvalue weighted by Gasteiger charge is -1.94. The fraction of sp³-hybridized carbons (Fsp3) is 0.200. The third-order valence-corrected chi connectivity index (χ3v) is 4.08. The number of rotatable bonds is 2. The highest BCUT2D eigenvalue weighted by Gasteiger charge is 2.09. The second-order valence-corrected chi connectivity index (χ2v) is 5.44. The topological polar surface area (TPSA) is 16.8 Å². The Morgan fingerprint density at radius 2 is 2.17 bits per heavy atom. The maximum absolute atomic E-state index is 4.70. The molecule has 0 bridgehead atoms. The third-order valence-electron chi connectivity index (χ3n) is 3.01. The number of aromatic nitrogens is 2. The molecule has 0 N–H and O–H groups in total. The Hall–Kier alpha value is -1.74. The molecule has 0 amide bonds. The van der Waals surface area contributed by atoms with Crippen LogP contribution in [0.4, 0.5) is 0 Å². The molecule has 0 aliphatic rings. The van der Waals surface area contributed by atoms with Gasteiger partial charge in [0.2, 0.25) is 0 Å². The van der Waals surface area contributed by atoms with E-state index in [1.54, 1.807) is 11.3 Å². The average Bonchev–Trinajstić information content (AvgIpc) is 2.81. The van der Waals surface area contributed by atoms with E-state index in [2.05, 4.69) is 61.1 Å². The summed E-state index contributed by atoms with van der Waals surface area (Å²) in [5, 5.41) is 1.10. The van der Waals surface area contributed by atoms with Gasteiger partial charge < -0.3 is 0 Å². The SMILES string of the molecule is CC[n+]1cccc(-c2nc3ccc(C)cc3s2)c1. The predicted octanol–water partition coefficient (Wildman–Crippen LogP) is 3.58. The standard InChI is InChI=1S/C15H15N2S/c1-3-17-8-4-5-12(10-17)15-16-13-7-6-11(2)9-14(13)18-15/h4-10H,3H2,1-2H3/q+1. The quantitative estimate of drug-likeness (QED) is 0.640. The number of hydrogen-bond donors (Lipinski definition) is 0. The number of aryl methyl sites for hydroxylation is 2. The zero-order valence-electron chi connectivity index (χ0n) is 10.6. The van der Waals surface area contributed by atoms with E-state index in [4.69, 9.17) is 4.98 Å². The Morgan fingerprint density at radius 3 is 3.00 bits per heavy atom. The second-order valence-electron chi connectivity index (χ2n) is 4.41. The summed E-state index contributed by atoms with van der Waals surface area (Å²) in [6.45, 7) is 5.25. The molecule has 0 atom stereocenters. The van der Waals surface area contributed by atoms with Gasteiger partial charge in [-0.2, -0.15) is 0 Å². The summed E-state index contributed by atoms with van der Waals surface area (Å²) in [6, 6.07) is 10.6. The highest BCUT2D eigenvalue weighted by Crippen LogP contribution is 2.29. The van der Waals surface area contributed by atoms with E-state index in [0.717, 1.165) is 17.1 Å². The van der Waals surface area contributed by atoms with Crippen LogP contribution in [0.5, 0.6) is 0 Å². The molecular weight excluding hydrogens is 240 g/mol. The second kappa shape index (κ2) is 4.50. The summed E-state index contributed by atoms with van der Waals surface area (Å²) >= 11 is 1.76. The average molecular weight is 255 g/mol. The van der Waals surface area contributed by atoms with Crippen LogP contribution < -0.4 is 4.57 Å². The van der Waals surface area contributed by atoms with Crippen molar-refractivity contribution in [3.05, 3.63) is 48.3 Å². The first-order valence-corrected chi connectivity index (χ1v) is 6.94. The van der Waals surface area contributed by atoms with Gasteiger partial charge >= 0.3 is 0 Å². The van der Waals surface area contributed by atoms with Gasteiger partial charge in [-0.05, 0) is 37.6 Å². The molecule has 3 rings (SSSR count). The van der Waals surface area contributed by atoms with Gasteiger partial charge in [0.15, 0.2) is 12.4 Å². The summed E-state index contributed by atoms with van der Waals surface area (Å²) in [5.74, 6) is 0. The fourth-order valence-electron chi connectivity index (χ4n) is 2.00.